The van der Waals surface area contributed by atoms with Gasteiger partial charge in [0.15, 0.2) is 11.4 Å². The molecule has 0 aliphatic carbocycles. The molecule has 178 valence electrons. The number of nitro groups is 1. The molecule has 3 aromatic carbocycles. The average molecular weight is 499 g/mol. The minimum absolute atomic E-state index is 0.0144. The van der Waals surface area contributed by atoms with Gasteiger partial charge in [-0.3, -0.25) is 20.0 Å². The first-order valence-corrected chi connectivity index (χ1v) is 11.6. The molecule has 2 aromatic heterocycles. The Morgan fingerprint density at radius 3 is 2.42 bits per heavy atom. The van der Waals surface area contributed by atoms with E-state index in [1.54, 1.807) is 19.2 Å². The molecule has 0 saturated heterocycles. The highest BCUT2D eigenvalue weighted by molar-refractivity contribution is 7.12. The Labute approximate surface area is 208 Å². The summed E-state index contributed by atoms with van der Waals surface area (Å²) in [6.45, 7) is 0. The highest BCUT2D eigenvalue weighted by Gasteiger charge is 2.20. The number of aromatic amines is 1. The van der Waals surface area contributed by atoms with E-state index in [0.717, 1.165) is 11.3 Å². The summed E-state index contributed by atoms with van der Waals surface area (Å²) in [7, 11) is 1.60. The van der Waals surface area contributed by atoms with E-state index in [-0.39, 0.29) is 17.1 Å². The second-order valence-corrected chi connectivity index (χ2v) is 8.37. The van der Waals surface area contributed by atoms with E-state index in [1.165, 1.54) is 28.2 Å². The number of azo groups is 1. The van der Waals surface area contributed by atoms with Gasteiger partial charge in [0.25, 0.3) is 5.69 Å². The first-order chi connectivity index (χ1) is 17.5. The standard InChI is InChI=1S/C25H18N6O4S/c1-35-18-13-11-16(12-14-18)20-15-36-25(26-20)30-24(32)23(22(29-30)17-7-3-2-4-8-17)28-27-19-9-5-6-10-21(19)31(33)34/h2-15,29H,1H3. The van der Waals surface area contributed by atoms with E-state index in [2.05, 4.69) is 20.3 Å². The highest BCUT2D eigenvalue weighted by atomic mass is 32.1. The third-order valence-corrected chi connectivity index (χ3v) is 6.16. The van der Waals surface area contributed by atoms with Gasteiger partial charge in [0.1, 0.15) is 5.75 Å². The van der Waals surface area contributed by atoms with Crippen molar-refractivity contribution in [3.8, 4) is 33.4 Å². The zero-order valence-electron chi connectivity index (χ0n) is 18.9. The highest BCUT2D eigenvalue weighted by Crippen LogP contribution is 2.32. The molecular weight excluding hydrogens is 480 g/mol. The fourth-order valence-electron chi connectivity index (χ4n) is 3.53. The Morgan fingerprint density at radius 2 is 1.69 bits per heavy atom. The number of H-pyrrole nitrogens is 1. The van der Waals surface area contributed by atoms with Gasteiger partial charge in [0, 0.05) is 22.6 Å². The summed E-state index contributed by atoms with van der Waals surface area (Å²) < 4.78 is 6.50. The molecule has 0 atom stereocenters. The molecule has 0 saturated carbocycles. The lowest BCUT2D eigenvalue weighted by Gasteiger charge is -2.00. The number of nitrogens with zero attached hydrogens (tertiary/aromatic N) is 5. The van der Waals surface area contributed by atoms with Gasteiger partial charge in [-0.05, 0) is 30.3 Å². The van der Waals surface area contributed by atoms with Crippen LogP contribution in [-0.4, -0.2) is 26.8 Å². The number of nitro benzene ring substituents is 1. The maximum absolute atomic E-state index is 13.4. The van der Waals surface area contributed by atoms with Crippen molar-refractivity contribution < 1.29 is 9.66 Å². The third kappa shape index (κ3) is 4.42. The van der Waals surface area contributed by atoms with Crippen molar-refractivity contribution in [2.75, 3.05) is 7.11 Å². The predicted molar refractivity (Wildman–Crippen MR) is 137 cm³/mol. The number of thiazole rings is 1. The normalized spacial score (nSPS) is 11.1. The monoisotopic (exact) mass is 498 g/mol. The van der Waals surface area contributed by atoms with Crippen LogP contribution < -0.4 is 10.3 Å². The molecule has 10 nitrogen and oxygen atoms in total. The number of hydrogen-bond acceptors (Lipinski definition) is 8. The molecule has 0 radical (unpaired) electrons. The zero-order chi connectivity index (χ0) is 25.1. The molecule has 0 spiro atoms. The van der Waals surface area contributed by atoms with Crippen LogP contribution >= 0.6 is 11.3 Å². The average Bonchev–Trinajstić information content (AvgIpc) is 3.53. The molecule has 1 N–H and O–H groups in total. The number of para-hydroxylation sites is 1. The van der Waals surface area contributed by atoms with Crippen LogP contribution in [0.15, 0.2) is 99.3 Å². The summed E-state index contributed by atoms with van der Waals surface area (Å²) in [6, 6.07) is 22.6. The molecule has 2 heterocycles. The SMILES string of the molecule is COc1ccc(-c2csc(-n3[nH]c(-c4ccccc4)c(N=Nc4ccccc4[N+](=O)[O-])c3=O)n2)cc1. The van der Waals surface area contributed by atoms with Gasteiger partial charge in [-0.25, -0.2) is 4.98 Å². The number of hydrogen-bond donors (Lipinski definition) is 1. The Kier molecular flexibility index (Phi) is 6.20. The zero-order valence-corrected chi connectivity index (χ0v) is 19.7. The second-order valence-electron chi connectivity index (χ2n) is 7.53. The van der Waals surface area contributed by atoms with Crippen LogP contribution in [0, 0.1) is 10.1 Å². The molecule has 11 heteroatoms. The maximum atomic E-state index is 13.4. The smallest absolute Gasteiger partial charge is 0.301 e. The van der Waals surface area contributed by atoms with Crippen LogP contribution in [0.25, 0.3) is 27.6 Å². The molecule has 0 aliphatic rings. The molecule has 36 heavy (non-hydrogen) atoms. The summed E-state index contributed by atoms with van der Waals surface area (Å²) in [4.78, 5) is 28.9. The summed E-state index contributed by atoms with van der Waals surface area (Å²) in [5.41, 5.74) is 2.07. The van der Waals surface area contributed by atoms with Crippen LogP contribution in [0.3, 0.4) is 0 Å². The molecule has 5 rings (SSSR count). The molecule has 0 aliphatic heterocycles. The summed E-state index contributed by atoms with van der Waals surface area (Å²) in [5.74, 6) is 0.732. The van der Waals surface area contributed by atoms with Gasteiger partial charge in [-0.15, -0.1) is 21.6 Å². The van der Waals surface area contributed by atoms with E-state index in [9.17, 15) is 14.9 Å². The van der Waals surface area contributed by atoms with Gasteiger partial charge in [0.05, 0.1) is 23.4 Å². The van der Waals surface area contributed by atoms with Crippen LogP contribution in [0.1, 0.15) is 0 Å². The van der Waals surface area contributed by atoms with E-state index in [0.29, 0.717) is 22.1 Å². The first kappa shape index (κ1) is 22.9. The number of methoxy groups -OCH3 is 1. The molecule has 0 bridgehead atoms. The van der Waals surface area contributed by atoms with Crippen LogP contribution in [0.2, 0.25) is 0 Å². The fraction of sp³-hybridized carbons (Fsp3) is 0.0400. The summed E-state index contributed by atoms with van der Waals surface area (Å²) in [5, 5.41) is 24.9. The second kappa shape index (κ2) is 9.76. The van der Waals surface area contributed by atoms with E-state index in [4.69, 9.17) is 4.74 Å². The Morgan fingerprint density at radius 1 is 0.972 bits per heavy atom. The van der Waals surface area contributed by atoms with Crippen molar-refractivity contribution in [3.05, 3.63) is 105 Å². The Hall–Kier alpha value is -4.90. The van der Waals surface area contributed by atoms with Crippen molar-refractivity contribution in [1.82, 2.24) is 14.8 Å². The number of ether oxygens (including phenoxy) is 1. The molecule has 0 amide bonds. The van der Waals surface area contributed by atoms with Crippen molar-refractivity contribution in [2.45, 2.75) is 0 Å². The topological polar surface area (TPSA) is 128 Å². The van der Waals surface area contributed by atoms with Crippen molar-refractivity contribution >= 4 is 28.4 Å². The van der Waals surface area contributed by atoms with Gasteiger partial charge in [0.2, 0.25) is 5.13 Å². The van der Waals surface area contributed by atoms with Gasteiger partial charge >= 0.3 is 5.56 Å². The Bertz CT molecular complexity index is 1620. The van der Waals surface area contributed by atoms with E-state index >= 15 is 0 Å². The van der Waals surface area contributed by atoms with Crippen LogP contribution in [0.4, 0.5) is 17.1 Å². The summed E-state index contributed by atoms with van der Waals surface area (Å²) >= 11 is 1.29. The van der Waals surface area contributed by atoms with Crippen molar-refractivity contribution in [1.29, 1.82) is 0 Å². The predicted octanol–water partition coefficient (Wildman–Crippen LogP) is 6.29. The quantitative estimate of drug-likeness (QED) is 0.160. The lowest BCUT2D eigenvalue weighted by molar-refractivity contribution is -0.384. The minimum atomic E-state index is -0.544. The number of benzene rings is 3. The van der Waals surface area contributed by atoms with Gasteiger partial charge in [-0.1, -0.05) is 42.5 Å². The Balaban J connectivity index is 1.59. The third-order valence-electron chi connectivity index (χ3n) is 5.33. The fourth-order valence-corrected chi connectivity index (χ4v) is 4.32. The number of rotatable bonds is 7. The number of aromatic nitrogens is 3. The summed E-state index contributed by atoms with van der Waals surface area (Å²) in [6.07, 6.45) is 0. The largest absolute Gasteiger partial charge is 0.497 e. The maximum Gasteiger partial charge on any atom is 0.301 e. The molecule has 0 unspecified atom stereocenters. The van der Waals surface area contributed by atoms with Gasteiger partial charge < -0.3 is 4.74 Å². The minimum Gasteiger partial charge on any atom is -0.497 e. The van der Waals surface area contributed by atoms with E-state index < -0.39 is 10.5 Å². The molecule has 5 aromatic rings. The lowest BCUT2D eigenvalue weighted by atomic mass is 10.1. The lowest BCUT2D eigenvalue weighted by Crippen LogP contribution is -2.13. The number of nitrogens with one attached hydrogen (secondary N) is 1. The van der Waals surface area contributed by atoms with Gasteiger partial charge in [-0.2, -0.15) is 4.68 Å². The van der Waals surface area contributed by atoms with Crippen LogP contribution in [-0.2, 0) is 0 Å². The molecular formula is C25H18N6O4S. The molecule has 0 fully saturated rings. The van der Waals surface area contributed by atoms with Crippen molar-refractivity contribution in [3.63, 3.8) is 0 Å². The van der Waals surface area contributed by atoms with Crippen LogP contribution in [0.5, 0.6) is 5.75 Å². The van der Waals surface area contributed by atoms with E-state index in [1.807, 2.05) is 60.0 Å². The first-order valence-electron chi connectivity index (χ1n) is 10.7. The van der Waals surface area contributed by atoms with Crippen molar-refractivity contribution in [2.24, 2.45) is 10.2 Å².